The second-order valence-corrected chi connectivity index (χ2v) is 15.3. The van der Waals surface area contributed by atoms with E-state index in [9.17, 15) is 18.0 Å². The van der Waals surface area contributed by atoms with Crippen molar-refractivity contribution in [3.05, 3.63) is 63.7 Å². The van der Waals surface area contributed by atoms with Crippen molar-refractivity contribution in [1.82, 2.24) is 20.3 Å². The number of piperazine rings is 1. The van der Waals surface area contributed by atoms with Crippen molar-refractivity contribution >= 4 is 21.8 Å². The first kappa shape index (κ1) is 31.2. The van der Waals surface area contributed by atoms with Crippen molar-refractivity contribution < 1.29 is 18.0 Å². The highest BCUT2D eigenvalue weighted by atomic mass is 32.2. The largest absolute Gasteiger partial charge is 0.349 e. The van der Waals surface area contributed by atoms with E-state index in [-0.39, 0.29) is 35.3 Å². The topological polar surface area (TPSA) is 108 Å². The average Bonchev–Trinajstić information content (AvgIpc) is 2.82. The maximum absolute atomic E-state index is 14.1. The highest BCUT2D eigenvalue weighted by Crippen LogP contribution is 2.33. The number of hydrogen-bond donors (Lipinski definition) is 3. The number of carbonyl (C=O) groups is 2. The summed E-state index contributed by atoms with van der Waals surface area (Å²) in [5, 5.41) is 9.57. The van der Waals surface area contributed by atoms with Gasteiger partial charge in [0.25, 0.3) is 0 Å². The molecule has 2 atom stereocenters. The Balaban J connectivity index is 1.56. The van der Waals surface area contributed by atoms with Crippen LogP contribution in [0, 0.1) is 20.8 Å². The summed E-state index contributed by atoms with van der Waals surface area (Å²) < 4.78 is 29.4. The third kappa shape index (κ3) is 7.19. The molecule has 2 amide bonds. The first-order chi connectivity index (χ1) is 19.0. The fraction of sp³-hybridized carbons (Fsp3) is 0.562. The smallest absolute Gasteiger partial charge is 0.244 e. The van der Waals surface area contributed by atoms with Gasteiger partial charge in [-0.05, 0) is 102 Å². The van der Waals surface area contributed by atoms with Crippen molar-refractivity contribution in [2.45, 2.75) is 116 Å². The number of aryl methyl sites for hydroxylation is 4. The van der Waals surface area contributed by atoms with E-state index < -0.39 is 27.5 Å². The SMILES string of the molecule is Cc1cc(C)c(S(=O)(=O)N2CC(C)(C)NC(=O)C2CC(=O)NC2CCCc3cc(CNC(C)(C)C)ccc32)c(C)c1. The zero-order chi connectivity index (χ0) is 30.3. The van der Waals surface area contributed by atoms with Crippen LogP contribution in [0.3, 0.4) is 0 Å². The van der Waals surface area contributed by atoms with E-state index in [0.29, 0.717) is 11.1 Å². The summed E-state index contributed by atoms with van der Waals surface area (Å²) in [7, 11) is -4.05. The summed E-state index contributed by atoms with van der Waals surface area (Å²) >= 11 is 0. The molecule has 0 bridgehead atoms. The predicted octanol–water partition coefficient (Wildman–Crippen LogP) is 4.35. The number of sulfonamides is 1. The standard InChI is InChI=1S/C32H46N4O4S/c1-20-14-21(2)29(22(3)15-20)41(39,40)36-19-32(7,8)35-30(38)27(36)17-28(37)34-26-11-9-10-24-16-23(12-13-25(24)26)18-33-31(4,5)6/h12-16,26-27,33H,9-11,17-19H2,1-8H3,(H,34,37)(H,35,38). The van der Waals surface area contributed by atoms with Crippen LogP contribution in [0.4, 0.5) is 0 Å². The van der Waals surface area contributed by atoms with E-state index in [1.54, 1.807) is 27.7 Å². The van der Waals surface area contributed by atoms with Gasteiger partial charge in [0.05, 0.1) is 17.4 Å². The number of benzene rings is 2. The van der Waals surface area contributed by atoms with Crippen molar-refractivity contribution in [2.75, 3.05) is 6.54 Å². The Morgan fingerprint density at radius 2 is 1.76 bits per heavy atom. The van der Waals surface area contributed by atoms with Crippen molar-refractivity contribution in [3.8, 4) is 0 Å². The number of amides is 2. The average molecular weight is 583 g/mol. The monoisotopic (exact) mass is 582 g/mol. The van der Waals surface area contributed by atoms with Crippen LogP contribution in [0.15, 0.2) is 35.2 Å². The van der Waals surface area contributed by atoms with E-state index in [4.69, 9.17) is 0 Å². The van der Waals surface area contributed by atoms with Gasteiger partial charge in [0, 0.05) is 24.2 Å². The molecule has 1 aliphatic carbocycles. The molecule has 0 spiro atoms. The zero-order valence-corrected chi connectivity index (χ0v) is 26.6. The van der Waals surface area contributed by atoms with Gasteiger partial charge < -0.3 is 16.0 Å². The molecule has 3 N–H and O–H groups in total. The van der Waals surface area contributed by atoms with Gasteiger partial charge in [-0.1, -0.05) is 35.9 Å². The summed E-state index contributed by atoms with van der Waals surface area (Å²) in [6, 6.07) is 8.76. The molecule has 8 nitrogen and oxygen atoms in total. The molecule has 224 valence electrons. The molecule has 1 aliphatic heterocycles. The second-order valence-electron chi connectivity index (χ2n) is 13.5. The van der Waals surface area contributed by atoms with Crippen LogP contribution < -0.4 is 16.0 Å². The number of nitrogens with one attached hydrogen (secondary N) is 3. The summed E-state index contributed by atoms with van der Waals surface area (Å²) in [6.07, 6.45) is 2.45. The van der Waals surface area contributed by atoms with Gasteiger partial charge in [-0.15, -0.1) is 0 Å². The zero-order valence-electron chi connectivity index (χ0n) is 25.8. The van der Waals surface area contributed by atoms with Gasteiger partial charge in [0.1, 0.15) is 6.04 Å². The molecule has 1 heterocycles. The lowest BCUT2D eigenvalue weighted by molar-refractivity contribution is -0.134. The summed E-state index contributed by atoms with van der Waals surface area (Å²) in [5.41, 5.74) is 4.99. The lowest BCUT2D eigenvalue weighted by Gasteiger charge is -2.43. The molecule has 0 radical (unpaired) electrons. The Morgan fingerprint density at radius 3 is 2.39 bits per heavy atom. The second kappa shape index (κ2) is 11.5. The van der Waals surface area contributed by atoms with Gasteiger partial charge in [-0.3, -0.25) is 9.59 Å². The Hall–Kier alpha value is -2.75. The van der Waals surface area contributed by atoms with Crippen LogP contribution in [0.25, 0.3) is 0 Å². The molecule has 0 aromatic heterocycles. The Labute approximate surface area is 245 Å². The van der Waals surface area contributed by atoms with Gasteiger partial charge in [0.15, 0.2) is 0 Å². The van der Waals surface area contributed by atoms with Crippen LogP contribution in [0.2, 0.25) is 0 Å². The first-order valence-electron chi connectivity index (χ1n) is 14.5. The minimum atomic E-state index is -4.05. The molecule has 2 aromatic carbocycles. The molecule has 1 saturated heterocycles. The molecule has 2 aliphatic rings. The summed E-state index contributed by atoms with van der Waals surface area (Å²) in [6.45, 7) is 16.3. The van der Waals surface area contributed by atoms with Gasteiger partial charge in [-0.2, -0.15) is 4.31 Å². The number of nitrogens with zero attached hydrogens (tertiary/aromatic N) is 1. The number of rotatable bonds is 7. The van der Waals surface area contributed by atoms with Gasteiger partial charge >= 0.3 is 0 Å². The first-order valence-corrected chi connectivity index (χ1v) is 16.0. The third-order valence-corrected chi connectivity index (χ3v) is 10.1. The quantitative estimate of drug-likeness (QED) is 0.450. The lowest BCUT2D eigenvalue weighted by Crippen LogP contribution is -2.66. The molecule has 0 saturated carbocycles. The molecule has 1 fully saturated rings. The summed E-state index contributed by atoms with van der Waals surface area (Å²) in [5.74, 6) is -0.791. The fourth-order valence-corrected chi connectivity index (χ4v) is 8.31. The van der Waals surface area contributed by atoms with Crippen LogP contribution in [0.5, 0.6) is 0 Å². The van der Waals surface area contributed by atoms with E-state index in [0.717, 1.165) is 36.9 Å². The molecule has 2 unspecified atom stereocenters. The molecule has 41 heavy (non-hydrogen) atoms. The minimum absolute atomic E-state index is 0.0191. The van der Waals surface area contributed by atoms with Crippen molar-refractivity contribution in [1.29, 1.82) is 0 Å². The lowest BCUT2D eigenvalue weighted by atomic mass is 9.86. The highest BCUT2D eigenvalue weighted by Gasteiger charge is 2.46. The van der Waals surface area contributed by atoms with Crippen LogP contribution in [0.1, 0.15) is 93.3 Å². The van der Waals surface area contributed by atoms with Gasteiger partial charge in [0.2, 0.25) is 21.8 Å². The highest BCUT2D eigenvalue weighted by molar-refractivity contribution is 7.89. The van der Waals surface area contributed by atoms with Crippen LogP contribution >= 0.6 is 0 Å². The fourth-order valence-electron chi connectivity index (χ4n) is 6.15. The normalized spacial score (nSPS) is 21.2. The Bertz CT molecular complexity index is 1420. The number of fused-ring (bicyclic) bond motifs is 1. The Morgan fingerprint density at radius 1 is 1.10 bits per heavy atom. The molecule has 2 aromatic rings. The molecule has 4 rings (SSSR count). The molecular formula is C32H46N4O4S. The number of hydrogen-bond acceptors (Lipinski definition) is 5. The van der Waals surface area contributed by atoms with Crippen molar-refractivity contribution in [2.24, 2.45) is 0 Å². The van der Waals surface area contributed by atoms with Gasteiger partial charge in [-0.25, -0.2) is 8.42 Å². The maximum Gasteiger partial charge on any atom is 0.244 e. The van der Waals surface area contributed by atoms with Crippen LogP contribution in [-0.4, -0.2) is 48.2 Å². The van der Waals surface area contributed by atoms with E-state index in [1.165, 1.54) is 15.4 Å². The van der Waals surface area contributed by atoms with E-state index >= 15 is 0 Å². The van der Waals surface area contributed by atoms with E-state index in [2.05, 4.69) is 54.9 Å². The number of carbonyl (C=O) groups excluding carboxylic acids is 2. The van der Waals surface area contributed by atoms with E-state index in [1.807, 2.05) is 19.1 Å². The van der Waals surface area contributed by atoms with Crippen LogP contribution in [-0.2, 0) is 32.6 Å². The maximum atomic E-state index is 14.1. The summed E-state index contributed by atoms with van der Waals surface area (Å²) in [4.78, 5) is 27.0. The minimum Gasteiger partial charge on any atom is -0.349 e. The van der Waals surface area contributed by atoms with Crippen molar-refractivity contribution in [3.63, 3.8) is 0 Å². The Kier molecular flexibility index (Phi) is 8.75. The predicted molar refractivity (Wildman–Crippen MR) is 162 cm³/mol. The molecular weight excluding hydrogens is 536 g/mol. The molecule has 9 heteroatoms. The third-order valence-electron chi connectivity index (χ3n) is 7.89.